The van der Waals surface area contributed by atoms with E-state index < -0.39 is 0 Å². The molecule has 0 saturated carbocycles. The number of aromatic amines is 1. The number of nitrogens with zero attached hydrogens (tertiary/aromatic N) is 2. The second kappa shape index (κ2) is 6.55. The van der Waals surface area contributed by atoms with Crippen molar-refractivity contribution in [3.63, 3.8) is 0 Å². The van der Waals surface area contributed by atoms with Gasteiger partial charge in [0.1, 0.15) is 0 Å². The first-order chi connectivity index (χ1) is 9.17. The Bertz CT molecular complexity index is 602. The number of hydrogen-bond acceptors (Lipinski definition) is 2. The summed E-state index contributed by atoms with van der Waals surface area (Å²) in [6.45, 7) is 8.46. The summed E-state index contributed by atoms with van der Waals surface area (Å²) in [6, 6.07) is 5.86. The SMILES string of the molecule is CCCN(CC)CCn1c(=S)[nH]c2cccc(Cl)c21. The van der Waals surface area contributed by atoms with Crippen molar-refractivity contribution in [2.24, 2.45) is 0 Å². The molecule has 0 unspecified atom stereocenters. The van der Waals surface area contributed by atoms with Crippen LogP contribution in [0.4, 0.5) is 0 Å². The number of halogens is 1. The van der Waals surface area contributed by atoms with Gasteiger partial charge in [0.25, 0.3) is 0 Å². The molecule has 2 aromatic rings. The Morgan fingerprint density at radius 2 is 2.11 bits per heavy atom. The van der Waals surface area contributed by atoms with Gasteiger partial charge in [-0.25, -0.2) is 0 Å². The predicted octanol–water partition coefficient (Wildman–Crippen LogP) is 4.08. The average Bonchev–Trinajstić information content (AvgIpc) is 2.72. The molecule has 0 bridgehead atoms. The van der Waals surface area contributed by atoms with Gasteiger partial charge in [-0.05, 0) is 43.9 Å². The molecule has 1 aromatic heterocycles. The van der Waals surface area contributed by atoms with E-state index in [4.69, 9.17) is 23.8 Å². The molecule has 0 atom stereocenters. The van der Waals surface area contributed by atoms with E-state index in [0.717, 1.165) is 47.0 Å². The van der Waals surface area contributed by atoms with E-state index in [0.29, 0.717) is 0 Å². The molecule has 1 N–H and O–H groups in total. The van der Waals surface area contributed by atoms with Gasteiger partial charge in [0, 0.05) is 13.1 Å². The fraction of sp³-hybridized carbons (Fsp3) is 0.500. The van der Waals surface area contributed by atoms with Crippen molar-refractivity contribution in [1.82, 2.24) is 14.5 Å². The summed E-state index contributed by atoms with van der Waals surface area (Å²) < 4.78 is 2.85. The fourth-order valence-electron chi connectivity index (χ4n) is 2.37. The zero-order chi connectivity index (χ0) is 13.8. The molecule has 3 nitrogen and oxygen atoms in total. The quantitative estimate of drug-likeness (QED) is 0.812. The van der Waals surface area contributed by atoms with Crippen LogP contribution in [0.3, 0.4) is 0 Å². The van der Waals surface area contributed by atoms with E-state index in [9.17, 15) is 0 Å². The summed E-state index contributed by atoms with van der Waals surface area (Å²) in [4.78, 5) is 5.64. The molecule has 0 spiro atoms. The number of imidazole rings is 1. The molecule has 0 aliphatic carbocycles. The lowest BCUT2D eigenvalue weighted by Gasteiger charge is -2.19. The van der Waals surface area contributed by atoms with Gasteiger partial charge < -0.3 is 14.5 Å². The molecule has 1 heterocycles. The van der Waals surface area contributed by atoms with Crippen molar-refractivity contribution in [2.45, 2.75) is 26.8 Å². The number of hydrogen-bond donors (Lipinski definition) is 1. The molecular formula is C14H20ClN3S. The van der Waals surface area contributed by atoms with E-state index in [1.165, 1.54) is 6.42 Å². The minimum Gasteiger partial charge on any atom is -0.331 e. The van der Waals surface area contributed by atoms with Gasteiger partial charge in [-0.15, -0.1) is 0 Å². The Morgan fingerprint density at radius 1 is 1.32 bits per heavy atom. The van der Waals surface area contributed by atoms with Crippen LogP contribution in [0.1, 0.15) is 20.3 Å². The van der Waals surface area contributed by atoms with E-state index in [1.807, 2.05) is 18.2 Å². The molecule has 19 heavy (non-hydrogen) atoms. The molecule has 5 heteroatoms. The van der Waals surface area contributed by atoms with Gasteiger partial charge in [0.05, 0.1) is 16.1 Å². The van der Waals surface area contributed by atoms with E-state index in [-0.39, 0.29) is 0 Å². The highest BCUT2D eigenvalue weighted by Gasteiger charge is 2.09. The lowest BCUT2D eigenvalue weighted by molar-refractivity contribution is 0.277. The lowest BCUT2D eigenvalue weighted by atomic mass is 10.3. The number of benzene rings is 1. The van der Waals surface area contributed by atoms with Crippen LogP contribution in [0, 0.1) is 4.77 Å². The molecule has 0 amide bonds. The molecule has 2 rings (SSSR count). The molecule has 0 aliphatic rings. The molecule has 0 aliphatic heterocycles. The first-order valence-electron chi connectivity index (χ1n) is 6.76. The standard InChI is InChI=1S/C14H20ClN3S/c1-3-8-17(4-2)9-10-18-13-11(15)6-5-7-12(13)16-14(18)19/h5-7H,3-4,8-10H2,1-2H3,(H,16,19). The highest BCUT2D eigenvalue weighted by molar-refractivity contribution is 7.71. The van der Waals surface area contributed by atoms with Crippen molar-refractivity contribution in [1.29, 1.82) is 0 Å². The summed E-state index contributed by atoms with van der Waals surface area (Å²) in [5.74, 6) is 0. The van der Waals surface area contributed by atoms with Gasteiger partial charge in [-0.2, -0.15) is 0 Å². The third-order valence-corrected chi connectivity index (χ3v) is 4.00. The third kappa shape index (κ3) is 3.19. The maximum absolute atomic E-state index is 6.29. The van der Waals surface area contributed by atoms with Crippen LogP contribution in [0.15, 0.2) is 18.2 Å². The number of aromatic nitrogens is 2. The number of likely N-dealkylation sites (N-methyl/N-ethyl adjacent to an activating group) is 1. The van der Waals surface area contributed by atoms with Crippen LogP contribution in [0.25, 0.3) is 11.0 Å². The van der Waals surface area contributed by atoms with Crippen LogP contribution in [0.5, 0.6) is 0 Å². The maximum Gasteiger partial charge on any atom is 0.178 e. The topological polar surface area (TPSA) is 24.0 Å². The van der Waals surface area contributed by atoms with Gasteiger partial charge in [0.15, 0.2) is 4.77 Å². The van der Waals surface area contributed by atoms with Crippen LogP contribution >= 0.6 is 23.8 Å². The summed E-state index contributed by atoms with van der Waals surface area (Å²) in [7, 11) is 0. The summed E-state index contributed by atoms with van der Waals surface area (Å²) in [5, 5.41) is 0.753. The molecule has 0 fully saturated rings. The first-order valence-corrected chi connectivity index (χ1v) is 7.55. The molecule has 0 saturated heterocycles. The average molecular weight is 298 g/mol. The van der Waals surface area contributed by atoms with Crippen LogP contribution in [0.2, 0.25) is 5.02 Å². The summed E-state index contributed by atoms with van der Waals surface area (Å²) in [6.07, 6.45) is 1.17. The highest BCUT2D eigenvalue weighted by atomic mass is 35.5. The Labute approximate surface area is 124 Å². The van der Waals surface area contributed by atoms with Gasteiger partial charge in [-0.1, -0.05) is 31.5 Å². The van der Waals surface area contributed by atoms with Crippen molar-refractivity contribution < 1.29 is 0 Å². The van der Waals surface area contributed by atoms with Gasteiger partial charge in [-0.3, -0.25) is 0 Å². The minimum absolute atomic E-state index is 0.746. The predicted molar refractivity (Wildman–Crippen MR) is 84.5 cm³/mol. The summed E-state index contributed by atoms with van der Waals surface area (Å²) in [5.41, 5.74) is 2.03. The van der Waals surface area contributed by atoms with Crippen molar-refractivity contribution >= 4 is 34.9 Å². The second-order valence-corrected chi connectivity index (χ2v) is 5.45. The maximum atomic E-state index is 6.29. The normalized spacial score (nSPS) is 11.6. The molecule has 104 valence electrons. The number of H-pyrrole nitrogens is 1. The number of para-hydroxylation sites is 1. The number of rotatable bonds is 6. The third-order valence-electron chi connectivity index (χ3n) is 3.37. The molecule has 0 radical (unpaired) electrons. The number of nitrogens with one attached hydrogen (secondary N) is 1. The van der Waals surface area contributed by atoms with Crippen LogP contribution < -0.4 is 0 Å². The van der Waals surface area contributed by atoms with Crippen molar-refractivity contribution in [3.05, 3.63) is 28.0 Å². The lowest BCUT2D eigenvalue weighted by Crippen LogP contribution is -2.28. The van der Waals surface area contributed by atoms with Crippen molar-refractivity contribution in [2.75, 3.05) is 19.6 Å². The zero-order valence-electron chi connectivity index (χ0n) is 11.4. The Hall–Kier alpha value is -0.840. The fourth-order valence-corrected chi connectivity index (χ4v) is 2.94. The Kier molecular flexibility index (Phi) is 5.02. The second-order valence-electron chi connectivity index (χ2n) is 4.65. The Balaban J connectivity index is 2.25. The van der Waals surface area contributed by atoms with Crippen molar-refractivity contribution in [3.8, 4) is 0 Å². The van der Waals surface area contributed by atoms with Gasteiger partial charge >= 0.3 is 0 Å². The smallest absolute Gasteiger partial charge is 0.178 e. The monoisotopic (exact) mass is 297 g/mol. The minimum atomic E-state index is 0.746. The van der Waals surface area contributed by atoms with Crippen LogP contribution in [-0.4, -0.2) is 34.1 Å². The first kappa shape index (κ1) is 14.6. The van der Waals surface area contributed by atoms with E-state index >= 15 is 0 Å². The van der Waals surface area contributed by atoms with E-state index in [2.05, 4.69) is 28.3 Å². The molecular weight excluding hydrogens is 278 g/mol. The Morgan fingerprint density at radius 3 is 2.79 bits per heavy atom. The van der Waals surface area contributed by atoms with Crippen LogP contribution in [-0.2, 0) is 6.54 Å². The number of fused-ring (bicyclic) bond motifs is 1. The summed E-state index contributed by atoms with van der Waals surface area (Å²) >= 11 is 11.7. The highest BCUT2D eigenvalue weighted by Crippen LogP contribution is 2.23. The van der Waals surface area contributed by atoms with E-state index in [1.54, 1.807) is 0 Å². The van der Waals surface area contributed by atoms with Gasteiger partial charge in [0.2, 0.25) is 0 Å². The zero-order valence-corrected chi connectivity index (χ0v) is 13.0. The molecule has 1 aromatic carbocycles. The largest absolute Gasteiger partial charge is 0.331 e.